The molecule has 2 aromatic carbocycles. The molecule has 0 aliphatic heterocycles. The first-order valence-corrected chi connectivity index (χ1v) is 9.82. The van der Waals surface area contributed by atoms with Crippen molar-refractivity contribution in [3.63, 3.8) is 0 Å². The van der Waals surface area contributed by atoms with E-state index in [0.29, 0.717) is 11.2 Å². The molecule has 0 aliphatic rings. The van der Waals surface area contributed by atoms with E-state index in [1.807, 2.05) is 0 Å². The van der Waals surface area contributed by atoms with Crippen molar-refractivity contribution in [1.82, 2.24) is 24.4 Å². The van der Waals surface area contributed by atoms with Crippen LogP contribution in [0.25, 0.3) is 27.9 Å². The molecule has 1 atom stereocenters. The lowest BCUT2D eigenvalue weighted by Crippen LogP contribution is -2.07. The molecule has 0 amide bonds. The average molecular weight is 434 g/mol. The van der Waals surface area contributed by atoms with Gasteiger partial charge in [0, 0.05) is 23.5 Å². The third-order valence-corrected chi connectivity index (χ3v) is 5.39. The van der Waals surface area contributed by atoms with Crippen LogP contribution in [0.3, 0.4) is 0 Å². The van der Waals surface area contributed by atoms with Crippen LogP contribution >= 0.6 is 0 Å². The smallest absolute Gasteiger partial charge is 0.240 e. The quantitative estimate of drug-likeness (QED) is 0.438. The molecule has 5 aromatic rings. The van der Waals surface area contributed by atoms with E-state index in [1.165, 1.54) is 33.6 Å². The molecular weight excluding hydrogens is 417 g/mol. The molecule has 0 aliphatic carbocycles. The molecule has 0 saturated carbocycles. The minimum atomic E-state index is -0.796. The van der Waals surface area contributed by atoms with Gasteiger partial charge in [-0.3, -0.25) is 4.68 Å². The Balaban J connectivity index is 1.55. The monoisotopic (exact) mass is 434 g/mol. The van der Waals surface area contributed by atoms with Gasteiger partial charge < -0.3 is 5.73 Å². The lowest BCUT2D eigenvalue weighted by molar-refractivity contribution is 0.499. The minimum Gasteiger partial charge on any atom is -0.366 e. The number of benzene rings is 2. The first-order chi connectivity index (χ1) is 15.4. The number of nitrogens with two attached hydrogens (primary N) is 1. The Morgan fingerprint density at radius 2 is 1.66 bits per heavy atom. The second-order valence-electron chi connectivity index (χ2n) is 7.40. The summed E-state index contributed by atoms with van der Waals surface area (Å²) in [6, 6.07) is 13.6. The predicted molar refractivity (Wildman–Crippen MR) is 114 cm³/mol. The molecule has 1 unspecified atom stereocenters. The van der Waals surface area contributed by atoms with Crippen LogP contribution < -0.4 is 5.73 Å². The number of anilines is 1. The summed E-state index contributed by atoms with van der Waals surface area (Å²) in [6.45, 7) is 1.80. The van der Waals surface area contributed by atoms with Gasteiger partial charge in [0.05, 0.1) is 11.6 Å². The van der Waals surface area contributed by atoms with Crippen molar-refractivity contribution < 1.29 is 13.2 Å². The first kappa shape index (κ1) is 19.8. The molecule has 0 spiro atoms. The van der Waals surface area contributed by atoms with Gasteiger partial charge in [-0.15, -0.1) is 10.2 Å². The van der Waals surface area contributed by atoms with Gasteiger partial charge in [-0.2, -0.15) is 9.37 Å². The summed E-state index contributed by atoms with van der Waals surface area (Å²) in [5.41, 5.74) is 7.78. The first-order valence-electron chi connectivity index (χ1n) is 9.82. The molecule has 160 valence electrons. The normalized spacial score (nSPS) is 12.4. The van der Waals surface area contributed by atoms with E-state index >= 15 is 4.39 Å². The number of nitrogen functional groups attached to an aromatic ring is 1. The SMILES string of the molecule is CC(c1ccc(F)cc1)n1cc(-c2cccc(-c3ccn4nc(N)nc4c3)c2F)c(F)n1. The maximum atomic E-state index is 15.5. The summed E-state index contributed by atoms with van der Waals surface area (Å²) in [7, 11) is 0. The highest BCUT2D eigenvalue weighted by atomic mass is 19.1. The van der Waals surface area contributed by atoms with Gasteiger partial charge in [-0.05, 0) is 42.3 Å². The summed E-state index contributed by atoms with van der Waals surface area (Å²) in [4.78, 5) is 4.09. The van der Waals surface area contributed by atoms with E-state index in [2.05, 4.69) is 15.2 Å². The highest BCUT2D eigenvalue weighted by Crippen LogP contribution is 2.33. The molecule has 6 nitrogen and oxygen atoms in total. The highest BCUT2D eigenvalue weighted by Gasteiger charge is 2.20. The van der Waals surface area contributed by atoms with Crippen LogP contribution in [0, 0.1) is 17.6 Å². The van der Waals surface area contributed by atoms with Crippen LogP contribution in [-0.2, 0) is 0 Å². The summed E-state index contributed by atoms with van der Waals surface area (Å²) >= 11 is 0. The van der Waals surface area contributed by atoms with Crippen LogP contribution in [-0.4, -0.2) is 24.4 Å². The number of hydrogen-bond acceptors (Lipinski definition) is 4. The Hall–Kier alpha value is -4.14. The topological polar surface area (TPSA) is 74.0 Å². The maximum Gasteiger partial charge on any atom is 0.240 e. The van der Waals surface area contributed by atoms with Crippen LogP contribution in [0.15, 0.2) is 67.0 Å². The van der Waals surface area contributed by atoms with Gasteiger partial charge in [-0.25, -0.2) is 13.3 Å². The molecule has 32 heavy (non-hydrogen) atoms. The average Bonchev–Trinajstić information content (AvgIpc) is 3.35. The molecule has 0 fully saturated rings. The predicted octanol–water partition coefficient (Wildman–Crippen LogP) is 4.87. The Kier molecular flexibility index (Phi) is 4.66. The fraction of sp³-hybridized carbons (Fsp3) is 0.0870. The zero-order chi connectivity index (χ0) is 22.4. The number of fused-ring (bicyclic) bond motifs is 1. The molecule has 3 aromatic heterocycles. The van der Waals surface area contributed by atoms with E-state index < -0.39 is 11.8 Å². The van der Waals surface area contributed by atoms with E-state index in [-0.39, 0.29) is 34.5 Å². The fourth-order valence-corrected chi connectivity index (χ4v) is 3.67. The third-order valence-electron chi connectivity index (χ3n) is 5.39. The Bertz CT molecular complexity index is 1440. The van der Waals surface area contributed by atoms with Gasteiger partial charge in [0.15, 0.2) is 5.65 Å². The van der Waals surface area contributed by atoms with E-state index in [4.69, 9.17) is 5.73 Å². The molecular formula is C23H17F3N6. The zero-order valence-electron chi connectivity index (χ0n) is 16.9. The lowest BCUT2D eigenvalue weighted by atomic mass is 10.00. The van der Waals surface area contributed by atoms with Crippen molar-refractivity contribution in [2.45, 2.75) is 13.0 Å². The number of hydrogen-bond donors (Lipinski definition) is 1. The van der Waals surface area contributed by atoms with Crippen molar-refractivity contribution in [3.05, 3.63) is 90.1 Å². The minimum absolute atomic E-state index is 0.0334. The van der Waals surface area contributed by atoms with Crippen LogP contribution in [0.1, 0.15) is 18.5 Å². The van der Waals surface area contributed by atoms with Crippen LogP contribution in [0.4, 0.5) is 19.1 Å². The largest absolute Gasteiger partial charge is 0.366 e. The standard InChI is InChI=1S/C23H17F3N6/c1-13(14-5-7-16(24)8-6-14)32-12-19(22(26)29-32)18-4-2-3-17(21(18)25)15-9-10-31-20(11-15)28-23(27)30-31/h2-13H,1H3,(H2,27,30). The van der Waals surface area contributed by atoms with E-state index in [1.54, 1.807) is 49.5 Å². The molecule has 0 bridgehead atoms. The molecule has 0 radical (unpaired) electrons. The Labute approximate surface area is 180 Å². The van der Waals surface area contributed by atoms with E-state index in [9.17, 15) is 8.78 Å². The second kappa shape index (κ2) is 7.52. The van der Waals surface area contributed by atoms with Crippen molar-refractivity contribution in [2.24, 2.45) is 0 Å². The second-order valence-corrected chi connectivity index (χ2v) is 7.40. The summed E-state index contributed by atoms with van der Waals surface area (Å²) in [5.74, 6) is -1.63. The molecule has 5 rings (SSSR count). The van der Waals surface area contributed by atoms with Crippen LogP contribution in [0.5, 0.6) is 0 Å². The van der Waals surface area contributed by atoms with Gasteiger partial charge in [0.1, 0.15) is 11.6 Å². The zero-order valence-corrected chi connectivity index (χ0v) is 16.9. The number of nitrogens with zero attached hydrogens (tertiary/aromatic N) is 5. The summed E-state index contributed by atoms with van der Waals surface area (Å²) in [5, 5.41) is 7.93. The summed E-state index contributed by atoms with van der Waals surface area (Å²) in [6.07, 6.45) is 3.08. The fourth-order valence-electron chi connectivity index (χ4n) is 3.67. The van der Waals surface area contributed by atoms with Crippen molar-refractivity contribution in [3.8, 4) is 22.3 Å². The van der Waals surface area contributed by atoms with Gasteiger partial charge in [0.25, 0.3) is 0 Å². The van der Waals surface area contributed by atoms with Gasteiger partial charge in [0.2, 0.25) is 11.9 Å². The molecule has 2 N–H and O–H groups in total. The maximum absolute atomic E-state index is 15.5. The Morgan fingerprint density at radius 3 is 2.44 bits per heavy atom. The van der Waals surface area contributed by atoms with E-state index in [0.717, 1.165) is 5.56 Å². The van der Waals surface area contributed by atoms with Crippen molar-refractivity contribution >= 4 is 11.6 Å². The third kappa shape index (κ3) is 3.37. The molecule has 0 saturated heterocycles. The van der Waals surface area contributed by atoms with Crippen LogP contribution in [0.2, 0.25) is 0 Å². The van der Waals surface area contributed by atoms with Crippen molar-refractivity contribution in [2.75, 3.05) is 5.73 Å². The number of aromatic nitrogens is 5. The lowest BCUT2D eigenvalue weighted by Gasteiger charge is -2.12. The van der Waals surface area contributed by atoms with Gasteiger partial charge >= 0.3 is 0 Å². The number of pyridine rings is 1. The molecule has 3 heterocycles. The number of rotatable bonds is 4. The Morgan fingerprint density at radius 1 is 0.906 bits per heavy atom. The summed E-state index contributed by atoms with van der Waals surface area (Å²) < 4.78 is 46.4. The molecule has 9 heteroatoms. The van der Waals surface area contributed by atoms with Crippen molar-refractivity contribution in [1.29, 1.82) is 0 Å². The number of halogens is 3. The van der Waals surface area contributed by atoms with Gasteiger partial charge in [-0.1, -0.05) is 30.3 Å². The highest BCUT2D eigenvalue weighted by molar-refractivity contribution is 5.75.